The molecule has 0 radical (unpaired) electrons. The van der Waals surface area contributed by atoms with Crippen molar-refractivity contribution in [2.45, 2.75) is 20.4 Å². The Morgan fingerprint density at radius 2 is 2.00 bits per heavy atom. The number of carbonyl (C=O) groups is 1. The zero-order valence-electron chi connectivity index (χ0n) is 12.7. The molecule has 2 aromatic heterocycles. The van der Waals surface area contributed by atoms with Crippen LogP contribution in [0.15, 0.2) is 42.6 Å². The number of nitrogens with zero attached hydrogens (tertiary/aromatic N) is 3. The van der Waals surface area contributed by atoms with E-state index >= 15 is 0 Å². The van der Waals surface area contributed by atoms with Crippen molar-refractivity contribution in [3.8, 4) is 0 Å². The van der Waals surface area contributed by atoms with Crippen LogP contribution in [0.4, 0.5) is 0 Å². The largest absolute Gasteiger partial charge is 0.349 e. The van der Waals surface area contributed by atoms with Gasteiger partial charge in [-0.3, -0.25) is 4.79 Å². The van der Waals surface area contributed by atoms with Gasteiger partial charge in [0, 0.05) is 30.4 Å². The number of pyridine rings is 1. The molecule has 3 rings (SSSR count). The molecule has 1 aromatic carbocycles. The third kappa shape index (κ3) is 2.83. The fourth-order valence-corrected chi connectivity index (χ4v) is 2.48. The molecule has 1 N–H and O–H groups in total. The van der Waals surface area contributed by atoms with Crippen LogP contribution in [0.2, 0.25) is 0 Å². The maximum absolute atomic E-state index is 12.2. The minimum absolute atomic E-state index is 0.152. The highest BCUT2D eigenvalue weighted by atomic mass is 16.1. The fourth-order valence-electron chi connectivity index (χ4n) is 2.48. The number of hydrogen-bond acceptors (Lipinski definition) is 3. The Hall–Kier alpha value is -2.69. The van der Waals surface area contributed by atoms with Crippen molar-refractivity contribution in [2.24, 2.45) is 0 Å². The maximum atomic E-state index is 12.2. The van der Waals surface area contributed by atoms with Crippen molar-refractivity contribution < 1.29 is 4.79 Å². The number of rotatable bonds is 4. The van der Waals surface area contributed by atoms with Crippen LogP contribution in [-0.2, 0) is 6.54 Å². The summed E-state index contributed by atoms with van der Waals surface area (Å²) in [6, 6.07) is 11.4. The van der Waals surface area contributed by atoms with Crippen molar-refractivity contribution >= 4 is 16.8 Å². The number of nitrogens with one attached hydrogen (secondary N) is 1. The summed E-state index contributed by atoms with van der Waals surface area (Å²) in [7, 11) is 0. The van der Waals surface area contributed by atoms with Crippen LogP contribution in [0.3, 0.4) is 0 Å². The first-order valence-corrected chi connectivity index (χ1v) is 7.28. The van der Waals surface area contributed by atoms with E-state index in [1.807, 2.05) is 50.4 Å². The summed E-state index contributed by atoms with van der Waals surface area (Å²) in [6.45, 7) is 5.22. The predicted octanol–water partition coefficient (Wildman–Crippen LogP) is 2.48. The van der Waals surface area contributed by atoms with Crippen LogP contribution < -0.4 is 5.32 Å². The number of imidazole rings is 1. The second-order valence-corrected chi connectivity index (χ2v) is 5.24. The number of para-hydroxylation sites is 1. The van der Waals surface area contributed by atoms with Gasteiger partial charge in [0.25, 0.3) is 5.91 Å². The minimum atomic E-state index is -0.152. The topological polar surface area (TPSA) is 59.8 Å². The number of benzene rings is 1. The first kappa shape index (κ1) is 14.3. The van der Waals surface area contributed by atoms with E-state index in [0.29, 0.717) is 18.8 Å². The molecule has 0 aliphatic carbocycles. The van der Waals surface area contributed by atoms with Gasteiger partial charge in [0.1, 0.15) is 11.5 Å². The summed E-state index contributed by atoms with van der Waals surface area (Å²) < 4.78 is 2.08. The highest BCUT2D eigenvalue weighted by Crippen LogP contribution is 2.11. The number of amides is 1. The SMILES string of the molecule is Cc1cnc(C)n1CCNC(=O)c1ccc2ccccc2n1. The van der Waals surface area contributed by atoms with Crippen LogP contribution in [-0.4, -0.2) is 27.0 Å². The predicted molar refractivity (Wildman–Crippen MR) is 85.8 cm³/mol. The van der Waals surface area contributed by atoms with Crippen molar-refractivity contribution in [1.82, 2.24) is 19.9 Å². The molecule has 112 valence electrons. The Kier molecular flexibility index (Phi) is 3.87. The summed E-state index contributed by atoms with van der Waals surface area (Å²) in [5, 5.41) is 3.94. The molecule has 3 aromatic rings. The van der Waals surface area contributed by atoms with Crippen LogP contribution in [0.25, 0.3) is 10.9 Å². The van der Waals surface area contributed by atoms with E-state index in [1.54, 1.807) is 6.07 Å². The smallest absolute Gasteiger partial charge is 0.269 e. The van der Waals surface area contributed by atoms with Gasteiger partial charge in [-0.15, -0.1) is 0 Å². The molecule has 2 heterocycles. The van der Waals surface area contributed by atoms with Gasteiger partial charge >= 0.3 is 0 Å². The molecule has 5 heteroatoms. The monoisotopic (exact) mass is 294 g/mol. The van der Waals surface area contributed by atoms with Gasteiger partial charge < -0.3 is 9.88 Å². The number of hydrogen-bond donors (Lipinski definition) is 1. The third-order valence-electron chi connectivity index (χ3n) is 3.71. The Bertz CT molecular complexity index is 803. The Labute approximate surface area is 129 Å². The van der Waals surface area contributed by atoms with Gasteiger partial charge in [-0.1, -0.05) is 24.3 Å². The molecule has 0 aliphatic rings. The van der Waals surface area contributed by atoms with E-state index in [-0.39, 0.29) is 5.91 Å². The summed E-state index contributed by atoms with van der Waals surface area (Å²) >= 11 is 0. The molecular weight excluding hydrogens is 276 g/mol. The summed E-state index contributed by atoms with van der Waals surface area (Å²) in [5.74, 6) is 0.803. The van der Waals surface area contributed by atoms with Crippen LogP contribution in [0.1, 0.15) is 22.0 Å². The summed E-state index contributed by atoms with van der Waals surface area (Å²) in [4.78, 5) is 20.8. The Balaban J connectivity index is 1.66. The van der Waals surface area contributed by atoms with E-state index in [0.717, 1.165) is 22.4 Å². The molecule has 0 saturated heterocycles. The van der Waals surface area contributed by atoms with Gasteiger partial charge in [0.15, 0.2) is 0 Å². The van der Waals surface area contributed by atoms with Crippen molar-refractivity contribution in [1.29, 1.82) is 0 Å². The lowest BCUT2D eigenvalue weighted by Gasteiger charge is -2.09. The molecular formula is C17H18N4O. The van der Waals surface area contributed by atoms with Crippen molar-refractivity contribution in [2.75, 3.05) is 6.54 Å². The van der Waals surface area contributed by atoms with E-state index in [2.05, 4.69) is 19.9 Å². The lowest BCUT2D eigenvalue weighted by molar-refractivity contribution is 0.0947. The lowest BCUT2D eigenvalue weighted by Crippen LogP contribution is -2.28. The molecule has 0 bridgehead atoms. The number of fused-ring (bicyclic) bond motifs is 1. The maximum Gasteiger partial charge on any atom is 0.269 e. The molecule has 0 aliphatic heterocycles. The normalized spacial score (nSPS) is 10.8. The summed E-state index contributed by atoms with van der Waals surface area (Å²) in [6.07, 6.45) is 1.84. The third-order valence-corrected chi connectivity index (χ3v) is 3.71. The molecule has 1 amide bonds. The Morgan fingerprint density at radius 1 is 1.18 bits per heavy atom. The number of aryl methyl sites for hydroxylation is 2. The molecule has 0 fully saturated rings. The van der Waals surface area contributed by atoms with Gasteiger partial charge in [-0.05, 0) is 26.0 Å². The second-order valence-electron chi connectivity index (χ2n) is 5.24. The average Bonchev–Trinajstić information content (AvgIpc) is 2.86. The standard InChI is InChI=1S/C17H18N4O/c1-12-11-19-13(2)21(12)10-9-18-17(22)16-8-7-14-5-3-4-6-15(14)20-16/h3-8,11H,9-10H2,1-2H3,(H,18,22). The van der Waals surface area contributed by atoms with Gasteiger partial charge in [0.2, 0.25) is 0 Å². The van der Waals surface area contributed by atoms with Crippen molar-refractivity contribution in [3.63, 3.8) is 0 Å². The average molecular weight is 294 g/mol. The van der Waals surface area contributed by atoms with Gasteiger partial charge in [-0.25, -0.2) is 9.97 Å². The van der Waals surface area contributed by atoms with E-state index in [1.165, 1.54) is 0 Å². The van der Waals surface area contributed by atoms with Gasteiger partial charge in [0.05, 0.1) is 5.52 Å². The molecule has 22 heavy (non-hydrogen) atoms. The number of aromatic nitrogens is 3. The quantitative estimate of drug-likeness (QED) is 0.804. The van der Waals surface area contributed by atoms with Crippen LogP contribution >= 0.6 is 0 Å². The minimum Gasteiger partial charge on any atom is -0.349 e. The molecule has 0 atom stereocenters. The highest BCUT2D eigenvalue weighted by Gasteiger charge is 2.08. The Morgan fingerprint density at radius 3 is 2.77 bits per heavy atom. The molecule has 5 nitrogen and oxygen atoms in total. The lowest BCUT2D eigenvalue weighted by atomic mass is 10.2. The summed E-state index contributed by atoms with van der Waals surface area (Å²) in [5.41, 5.74) is 2.37. The van der Waals surface area contributed by atoms with E-state index in [9.17, 15) is 4.79 Å². The number of carbonyl (C=O) groups excluding carboxylic acids is 1. The van der Waals surface area contributed by atoms with E-state index in [4.69, 9.17) is 0 Å². The highest BCUT2D eigenvalue weighted by molar-refractivity contribution is 5.94. The molecule has 0 spiro atoms. The fraction of sp³-hybridized carbons (Fsp3) is 0.235. The molecule has 0 unspecified atom stereocenters. The zero-order valence-corrected chi connectivity index (χ0v) is 12.7. The van der Waals surface area contributed by atoms with Crippen LogP contribution in [0, 0.1) is 13.8 Å². The first-order valence-electron chi connectivity index (χ1n) is 7.28. The second kappa shape index (κ2) is 5.97. The van der Waals surface area contributed by atoms with E-state index < -0.39 is 0 Å². The van der Waals surface area contributed by atoms with Crippen LogP contribution in [0.5, 0.6) is 0 Å². The van der Waals surface area contributed by atoms with Gasteiger partial charge in [-0.2, -0.15) is 0 Å². The molecule has 0 saturated carbocycles. The first-order chi connectivity index (χ1) is 10.6. The van der Waals surface area contributed by atoms with Crippen molar-refractivity contribution in [3.05, 3.63) is 59.8 Å². The zero-order chi connectivity index (χ0) is 15.5.